The zero-order valence-corrected chi connectivity index (χ0v) is 12.1. The Balaban J connectivity index is 0.000000222. The van der Waals surface area contributed by atoms with Gasteiger partial charge in [0.1, 0.15) is 12.0 Å². The quantitative estimate of drug-likeness (QED) is 0.375. The molecule has 0 atom stereocenters. The van der Waals surface area contributed by atoms with Gasteiger partial charge < -0.3 is 30.0 Å². The van der Waals surface area contributed by atoms with E-state index in [0.717, 1.165) is 5.82 Å². The number of hydrogen-bond donors (Lipinski definition) is 6. The van der Waals surface area contributed by atoms with E-state index in [1.165, 1.54) is 6.33 Å². The summed E-state index contributed by atoms with van der Waals surface area (Å²) in [5.74, 6) is 0.724. The van der Waals surface area contributed by atoms with Crippen LogP contribution in [0.4, 0.5) is 11.5 Å². The highest BCUT2D eigenvalue weighted by Crippen LogP contribution is 2.53. The molecule has 1 aliphatic rings. The van der Waals surface area contributed by atoms with Gasteiger partial charge in [0.15, 0.2) is 5.82 Å². The number of aromatic nitrogens is 2. The first-order chi connectivity index (χ1) is 9.61. The summed E-state index contributed by atoms with van der Waals surface area (Å²) >= 11 is 0. The maximum absolute atomic E-state index is 9.63. The molecule has 118 valence electrons. The second kappa shape index (κ2) is 7.16. The molecular formula is C7H12N4O8P2. The second-order valence-electron chi connectivity index (χ2n) is 3.51. The molecule has 21 heavy (non-hydrogen) atoms. The summed E-state index contributed by atoms with van der Waals surface area (Å²) in [5, 5.41) is 11.8. The Morgan fingerprint density at radius 2 is 1.86 bits per heavy atom. The number of aliphatic imine (C=N–C) groups is 1. The molecule has 2 rings (SSSR count). The summed E-state index contributed by atoms with van der Waals surface area (Å²) in [5.41, 5.74) is 1.39. The molecule has 0 bridgehead atoms. The first-order valence-electron chi connectivity index (χ1n) is 5.14. The van der Waals surface area contributed by atoms with Gasteiger partial charge in [-0.15, -0.1) is 0 Å². The molecule has 0 amide bonds. The molecule has 0 saturated heterocycles. The Hall–Kier alpha value is -1.23. The molecule has 1 aromatic rings. The van der Waals surface area contributed by atoms with Crippen molar-refractivity contribution >= 4 is 32.9 Å². The lowest BCUT2D eigenvalue weighted by Crippen LogP contribution is -2.21. The fourth-order valence-corrected chi connectivity index (χ4v) is 2.27. The van der Waals surface area contributed by atoms with Crippen molar-refractivity contribution in [3.8, 4) is 0 Å². The SMILES string of the molecule is O=P(O)(O)OP(=O)(O)O.OCC1=Nc2cncnc2NC1. The third kappa shape index (κ3) is 7.37. The standard InChI is InChI=1S/C7H8N4O.H4O7P2/c12-3-5-1-9-7-6(11-5)2-8-4-10-7;1-8(2,3)7-9(4,5)6/h2,4,12H,1,3H2,(H,8,9,10);(H2,1,2,3)(H2,4,5,6). The van der Waals surface area contributed by atoms with E-state index in [1.54, 1.807) is 6.20 Å². The van der Waals surface area contributed by atoms with Crippen LogP contribution in [0.5, 0.6) is 0 Å². The van der Waals surface area contributed by atoms with Crippen LogP contribution < -0.4 is 5.32 Å². The fraction of sp³-hybridized carbons (Fsp3) is 0.286. The summed E-state index contributed by atoms with van der Waals surface area (Å²) in [6.45, 7) is 0.530. The summed E-state index contributed by atoms with van der Waals surface area (Å²) in [6, 6.07) is 0. The average molecular weight is 342 g/mol. The predicted octanol–water partition coefficient (Wildman–Crippen LogP) is -0.845. The predicted molar refractivity (Wildman–Crippen MR) is 69.9 cm³/mol. The number of aliphatic hydroxyl groups is 1. The van der Waals surface area contributed by atoms with E-state index in [-0.39, 0.29) is 6.61 Å². The van der Waals surface area contributed by atoms with Crippen molar-refractivity contribution in [3.05, 3.63) is 12.5 Å². The number of aliphatic hydroxyl groups excluding tert-OH is 1. The molecule has 6 N–H and O–H groups in total. The Bertz CT molecular complexity index is 590. The minimum atomic E-state index is -5.05. The third-order valence-corrected chi connectivity index (χ3v) is 3.53. The van der Waals surface area contributed by atoms with Crippen molar-refractivity contribution in [3.63, 3.8) is 0 Å². The molecular weight excluding hydrogens is 330 g/mol. The topological polar surface area (TPSA) is 195 Å². The first kappa shape index (κ1) is 17.8. The van der Waals surface area contributed by atoms with Crippen molar-refractivity contribution in [2.75, 3.05) is 18.5 Å². The first-order valence-corrected chi connectivity index (χ1v) is 8.20. The van der Waals surface area contributed by atoms with Crippen molar-refractivity contribution in [1.82, 2.24) is 9.97 Å². The monoisotopic (exact) mass is 342 g/mol. The minimum Gasteiger partial charge on any atom is -0.390 e. The van der Waals surface area contributed by atoms with Crippen molar-refractivity contribution in [2.45, 2.75) is 0 Å². The molecule has 0 aromatic carbocycles. The maximum atomic E-state index is 9.63. The Morgan fingerprint density at radius 1 is 1.24 bits per heavy atom. The van der Waals surface area contributed by atoms with Gasteiger partial charge in [0.2, 0.25) is 0 Å². The molecule has 0 unspecified atom stereocenters. The number of anilines is 1. The van der Waals surface area contributed by atoms with Crippen LogP contribution in [0.3, 0.4) is 0 Å². The van der Waals surface area contributed by atoms with Gasteiger partial charge in [-0.1, -0.05) is 0 Å². The molecule has 12 nitrogen and oxygen atoms in total. The summed E-state index contributed by atoms with van der Waals surface area (Å²) in [6.07, 6.45) is 3.08. The number of fused-ring (bicyclic) bond motifs is 1. The van der Waals surface area contributed by atoms with Crippen LogP contribution in [-0.2, 0) is 13.4 Å². The summed E-state index contributed by atoms with van der Waals surface area (Å²) in [4.78, 5) is 42.9. The fourth-order valence-electron chi connectivity index (χ4n) is 1.17. The zero-order valence-electron chi connectivity index (χ0n) is 10.3. The van der Waals surface area contributed by atoms with E-state index < -0.39 is 15.6 Å². The van der Waals surface area contributed by atoms with Crippen LogP contribution in [0.2, 0.25) is 0 Å². The number of nitrogens with zero attached hydrogens (tertiary/aromatic N) is 3. The lowest BCUT2D eigenvalue weighted by molar-refractivity contribution is 0.225. The summed E-state index contributed by atoms with van der Waals surface area (Å²) < 4.78 is 22.2. The van der Waals surface area contributed by atoms with Crippen LogP contribution in [0.15, 0.2) is 17.5 Å². The molecule has 1 aromatic heterocycles. The smallest absolute Gasteiger partial charge is 0.390 e. The van der Waals surface area contributed by atoms with Gasteiger partial charge >= 0.3 is 15.6 Å². The van der Waals surface area contributed by atoms with Gasteiger partial charge in [-0.3, -0.25) is 0 Å². The van der Waals surface area contributed by atoms with Gasteiger partial charge in [-0.25, -0.2) is 24.1 Å². The number of rotatable bonds is 3. The van der Waals surface area contributed by atoms with Gasteiger partial charge in [0.05, 0.1) is 25.1 Å². The molecule has 0 saturated carbocycles. The number of nitrogens with one attached hydrogen (secondary N) is 1. The molecule has 0 fully saturated rings. The van der Waals surface area contributed by atoms with E-state index >= 15 is 0 Å². The second-order valence-corrected chi connectivity index (χ2v) is 6.12. The lowest BCUT2D eigenvalue weighted by Gasteiger charge is -2.13. The van der Waals surface area contributed by atoms with E-state index in [1.807, 2.05) is 0 Å². The Labute approximate surface area is 118 Å². The van der Waals surface area contributed by atoms with Crippen LogP contribution in [0.1, 0.15) is 0 Å². The molecule has 0 aliphatic carbocycles. The maximum Gasteiger partial charge on any atom is 0.478 e. The third-order valence-electron chi connectivity index (χ3n) is 1.83. The van der Waals surface area contributed by atoms with E-state index in [9.17, 15) is 9.13 Å². The molecule has 2 heterocycles. The average Bonchev–Trinajstić information content (AvgIpc) is 2.34. The highest BCUT2D eigenvalue weighted by molar-refractivity contribution is 7.60. The molecule has 14 heteroatoms. The Morgan fingerprint density at radius 3 is 2.33 bits per heavy atom. The van der Waals surface area contributed by atoms with Crippen molar-refractivity contribution < 1.29 is 38.1 Å². The largest absolute Gasteiger partial charge is 0.478 e. The van der Waals surface area contributed by atoms with Gasteiger partial charge in [0, 0.05) is 0 Å². The van der Waals surface area contributed by atoms with Crippen molar-refractivity contribution in [1.29, 1.82) is 0 Å². The van der Waals surface area contributed by atoms with E-state index in [0.29, 0.717) is 17.9 Å². The molecule has 1 aliphatic heterocycles. The highest BCUT2D eigenvalue weighted by Gasteiger charge is 2.27. The van der Waals surface area contributed by atoms with Gasteiger partial charge in [0.25, 0.3) is 0 Å². The van der Waals surface area contributed by atoms with E-state index in [2.05, 4.69) is 24.6 Å². The minimum absolute atomic E-state index is 0.0265. The van der Waals surface area contributed by atoms with Crippen LogP contribution in [-0.4, -0.2) is 53.5 Å². The molecule has 0 radical (unpaired) electrons. The van der Waals surface area contributed by atoms with Gasteiger partial charge in [-0.05, 0) is 0 Å². The number of hydrogen-bond acceptors (Lipinski definition) is 8. The normalized spacial score (nSPS) is 14.2. The molecule has 0 spiro atoms. The van der Waals surface area contributed by atoms with E-state index in [4.69, 9.17) is 24.7 Å². The zero-order chi connectivity index (χ0) is 16.1. The van der Waals surface area contributed by atoms with Crippen LogP contribution in [0.25, 0.3) is 0 Å². The Kier molecular flexibility index (Phi) is 6.08. The summed E-state index contributed by atoms with van der Waals surface area (Å²) in [7, 11) is -10.1. The highest BCUT2D eigenvalue weighted by atomic mass is 31.3. The van der Waals surface area contributed by atoms with Crippen LogP contribution >= 0.6 is 15.6 Å². The number of phosphoric acid groups is 2. The lowest BCUT2D eigenvalue weighted by atomic mass is 10.3. The van der Waals surface area contributed by atoms with Gasteiger partial charge in [-0.2, -0.15) is 4.31 Å². The van der Waals surface area contributed by atoms with Crippen molar-refractivity contribution in [2.24, 2.45) is 4.99 Å². The van der Waals surface area contributed by atoms with Crippen LogP contribution in [0, 0.1) is 0 Å².